The van der Waals surface area contributed by atoms with Crippen LogP contribution in [0.1, 0.15) is 36.8 Å². The van der Waals surface area contributed by atoms with Crippen molar-refractivity contribution in [3.8, 4) is 11.1 Å². The second-order valence-corrected chi connectivity index (χ2v) is 8.49. The molecule has 2 aliphatic heterocycles. The molecule has 1 aromatic heterocycles. The number of aromatic nitrogens is 1. The van der Waals surface area contributed by atoms with Crippen molar-refractivity contribution < 1.29 is 14.1 Å². The fourth-order valence-corrected chi connectivity index (χ4v) is 4.79. The van der Waals surface area contributed by atoms with Crippen molar-refractivity contribution in [3.05, 3.63) is 41.5 Å². The number of carbonyl (C=O) groups excluding carboxylic acids is 1. The Hall–Kier alpha value is -2.86. The van der Waals surface area contributed by atoms with Gasteiger partial charge < -0.3 is 19.9 Å². The van der Waals surface area contributed by atoms with Crippen LogP contribution in [0.5, 0.6) is 0 Å². The first-order valence-electron chi connectivity index (χ1n) is 10.4. The molecule has 1 amide bonds. The van der Waals surface area contributed by atoms with Crippen LogP contribution in [0, 0.1) is 6.92 Å². The van der Waals surface area contributed by atoms with E-state index in [9.17, 15) is 4.79 Å². The Labute approximate surface area is 168 Å². The number of hydrogen-bond acceptors (Lipinski definition) is 5. The van der Waals surface area contributed by atoms with Crippen molar-refractivity contribution in [1.29, 1.82) is 0 Å². The van der Waals surface area contributed by atoms with E-state index < -0.39 is 5.41 Å². The molecule has 1 saturated heterocycles. The van der Waals surface area contributed by atoms with Gasteiger partial charge in [0.05, 0.1) is 10.8 Å². The van der Waals surface area contributed by atoms with Crippen molar-refractivity contribution in [1.82, 2.24) is 5.16 Å². The van der Waals surface area contributed by atoms with Gasteiger partial charge in [0.25, 0.3) is 0 Å². The lowest BCUT2D eigenvalue weighted by Crippen LogP contribution is -2.39. The summed E-state index contributed by atoms with van der Waals surface area (Å²) in [4.78, 5) is 12.8. The Balaban J connectivity index is 1.46. The second-order valence-electron chi connectivity index (χ2n) is 8.49. The first-order chi connectivity index (χ1) is 14.2. The second kappa shape index (κ2) is 6.07. The number of fused-ring (bicyclic) bond motifs is 3. The van der Waals surface area contributed by atoms with E-state index in [4.69, 9.17) is 9.26 Å². The Kier molecular flexibility index (Phi) is 3.56. The molecule has 6 heteroatoms. The molecule has 148 valence electrons. The average Bonchev–Trinajstić information content (AvgIpc) is 3.41. The number of hydrogen-bond donors (Lipinski definition) is 2. The maximum atomic E-state index is 12.8. The van der Waals surface area contributed by atoms with E-state index in [2.05, 4.69) is 53.0 Å². The van der Waals surface area contributed by atoms with Crippen LogP contribution >= 0.6 is 0 Å². The third-order valence-corrected chi connectivity index (χ3v) is 6.62. The van der Waals surface area contributed by atoms with Crippen molar-refractivity contribution in [2.24, 2.45) is 0 Å². The van der Waals surface area contributed by atoms with Gasteiger partial charge in [0, 0.05) is 30.5 Å². The number of anilines is 2. The van der Waals surface area contributed by atoms with E-state index in [0.29, 0.717) is 19.3 Å². The lowest BCUT2D eigenvalue weighted by Gasteiger charge is -2.31. The van der Waals surface area contributed by atoms with Crippen molar-refractivity contribution in [3.63, 3.8) is 0 Å². The molecule has 2 fully saturated rings. The van der Waals surface area contributed by atoms with Crippen molar-refractivity contribution in [2.75, 3.05) is 23.8 Å². The summed E-state index contributed by atoms with van der Waals surface area (Å²) in [7, 11) is 0. The van der Waals surface area contributed by atoms with Crippen LogP contribution < -0.4 is 10.6 Å². The van der Waals surface area contributed by atoms with Gasteiger partial charge in [-0.2, -0.15) is 0 Å². The Bertz CT molecular complexity index is 1140. The van der Waals surface area contributed by atoms with Gasteiger partial charge in [-0.3, -0.25) is 4.79 Å². The van der Waals surface area contributed by atoms with Gasteiger partial charge in [-0.25, -0.2) is 0 Å². The molecular formula is C23H23N3O3. The van der Waals surface area contributed by atoms with Crippen LogP contribution in [0.15, 0.2) is 34.9 Å². The summed E-state index contributed by atoms with van der Waals surface area (Å²) >= 11 is 0. The SMILES string of the molecule is Cc1ccc2c(NC3CC3)noc2c1-c1ccc2c(c1)NC(=O)C21CCOCC1. The molecule has 1 aliphatic carbocycles. The van der Waals surface area contributed by atoms with E-state index in [1.807, 2.05) is 0 Å². The normalized spacial score (nSPS) is 20.1. The largest absolute Gasteiger partial charge is 0.381 e. The number of ether oxygens (including phenoxy) is 1. The van der Waals surface area contributed by atoms with Crippen LogP contribution in [-0.4, -0.2) is 30.3 Å². The number of amides is 1. The highest BCUT2D eigenvalue weighted by atomic mass is 16.5. The molecule has 0 atom stereocenters. The molecule has 1 spiro atoms. The predicted molar refractivity (Wildman–Crippen MR) is 111 cm³/mol. The van der Waals surface area contributed by atoms with Crippen LogP contribution in [0.4, 0.5) is 11.5 Å². The van der Waals surface area contributed by atoms with E-state index in [1.165, 1.54) is 12.8 Å². The summed E-state index contributed by atoms with van der Waals surface area (Å²) in [6, 6.07) is 11.0. The molecule has 6 nitrogen and oxygen atoms in total. The van der Waals surface area contributed by atoms with Gasteiger partial charge in [0.2, 0.25) is 5.91 Å². The van der Waals surface area contributed by atoms with Crippen molar-refractivity contribution >= 4 is 28.4 Å². The topological polar surface area (TPSA) is 76.4 Å². The summed E-state index contributed by atoms with van der Waals surface area (Å²) in [5.41, 5.74) is 5.53. The van der Waals surface area contributed by atoms with Crippen LogP contribution in [-0.2, 0) is 14.9 Å². The number of carbonyl (C=O) groups is 1. The predicted octanol–water partition coefficient (Wildman–Crippen LogP) is 4.38. The molecule has 1 saturated carbocycles. The molecule has 2 N–H and O–H groups in total. The van der Waals surface area contributed by atoms with Crippen LogP contribution in [0.25, 0.3) is 22.1 Å². The van der Waals surface area contributed by atoms with Crippen LogP contribution in [0.2, 0.25) is 0 Å². The fraction of sp³-hybridized carbons (Fsp3) is 0.391. The zero-order valence-corrected chi connectivity index (χ0v) is 16.4. The zero-order chi connectivity index (χ0) is 19.6. The Morgan fingerprint density at radius 3 is 2.79 bits per heavy atom. The van der Waals surface area contributed by atoms with E-state index in [-0.39, 0.29) is 5.91 Å². The minimum atomic E-state index is -0.444. The minimum absolute atomic E-state index is 0.0958. The fourth-order valence-electron chi connectivity index (χ4n) is 4.79. The zero-order valence-electron chi connectivity index (χ0n) is 16.4. The summed E-state index contributed by atoms with van der Waals surface area (Å²) < 4.78 is 11.3. The standard InChI is InChI=1S/C23H23N3O3/c1-13-2-6-16-20(29-26-21(16)24-15-4-5-15)19(13)14-3-7-17-18(12-14)25-22(27)23(17)8-10-28-11-9-23/h2-3,6-7,12,15H,4-5,8-11H2,1H3,(H,24,26)(H,25,27). The first kappa shape index (κ1) is 17.0. The van der Waals surface area contributed by atoms with Gasteiger partial charge >= 0.3 is 0 Å². The highest BCUT2D eigenvalue weighted by Crippen LogP contribution is 2.46. The van der Waals surface area contributed by atoms with E-state index in [0.717, 1.165) is 57.6 Å². The smallest absolute Gasteiger partial charge is 0.235 e. The minimum Gasteiger partial charge on any atom is -0.381 e. The number of nitrogens with one attached hydrogen (secondary N) is 2. The summed E-state index contributed by atoms with van der Waals surface area (Å²) in [5.74, 6) is 0.915. The highest BCUT2D eigenvalue weighted by molar-refractivity contribution is 6.08. The number of aryl methyl sites for hydroxylation is 1. The molecule has 0 bridgehead atoms. The van der Waals surface area contributed by atoms with E-state index in [1.54, 1.807) is 0 Å². The third-order valence-electron chi connectivity index (χ3n) is 6.62. The van der Waals surface area contributed by atoms with Crippen LogP contribution in [0.3, 0.4) is 0 Å². The highest BCUT2D eigenvalue weighted by Gasteiger charge is 2.47. The summed E-state index contributed by atoms with van der Waals surface area (Å²) in [6.07, 6.45) is 3.84. The number of nitrogens with zero attached hydrogens (tertiary/aromatic N) is 1. The molecular weight excluding hydrogens is 366 g/mol. The van der Waals surface area contributed by atoms with Gasteiger partial charge in [-0.15, -0.1) is 0 Å². The Morgan fingerprint density at radius 1 is 1.17 bits per heavy atom. The molecule has 3 aromatic rings. The monoisotopic (exact) mass is 389 g/mol. The molecule has 2 aromatic carbocycles. The summed E-state index contributed by atoms with van der Waals surface area (Å²) in [6.45, 7) is 3.33. The average molecular weight is 389 g/mol. The lowest BCUT2D eigenvalue weighted by molar-refractivity contribution is -0.124. The first-order valence-corrected chi connectivity index (χ1v) is 10.4. The molecule has 0 unspecified atom stereocenters. The van der Waals surface area contributed by atoms with Crippen molar-refractivity contribution in [2.45, 2.75) is 44.1 Å². The quantitative estimate of drug-likeness (QED) is 0.695. The van der Waals surface area contributed by atoms with Gasteiger partial charge in [0.1, 0.15) is 0 Å². The van der Waals surface area contributed by atoms with E-state index >= 15 is 0 Å². The van der Waals surface area contributed by atoms with Gasteiger partial charge in [0.15, 0.2) is 11.4 Å². The number of benzene rings is 2. The summed E-state index contributed by atoms with van der Waals surface area (Å²) in [5, 5.41) is 11.9. The molecule has 6 rings (SSSR count). The molecule has 3 heterocycles. The molecule has 0 radical (unpaired) electrons. The Morgan fingerprint density at radius 2 is 2.00 bits per heavy atom. The van der Waals surface area contributed by atoms with Gasteiger partial charge in [-0.05, 0) is 61.4 Å². The third kappa shape index (κ3) is 2.52. The maximum absolute atomic E-state index is 12.8. The lowest BCUT2D eigenvalue weighted by atomic mass is 9.75. The molecule has 29 heavy (non-hydrogen) atoms. The van der Waals surface area contributed by atoms with Gasteiger partial charge in [-0.1, -0.05) is 23.4 Å². The number of rotatable bonds is 3. The molecule has 3 aliphatic rings. The maximum Gasteiger partial charge on any atom is 0.235 e.